The van der Waals surface area contributed by atoms with E-state index in [1.807, 2.05) is 6.07 Å². The molecule has 1 aliphatic carbocycles. The highest BCUT2D eigenvalue weighted by Gasteiger charge is 2.43. The molecule has 1 aromatic carbocycles. The first kappa shape index (κ1) is 14.7. The largest absolute Gasteiger partial charge is 0.490 e. The molecule has 1 aliphatic rings. The van der Waals surface area contributed by atoms with E-state index in [9.17, 15) is 17.2 Å². The molecule has 1 saturated carbocycles. The molecule has 0 aromatic heterocycles. The Morgan fingerprint density at radius 3 is 2.50 bits per heavy atom. The fraction of sp³-hybridized carbons (Fsp3) is 0.417. The monoisotopic (exact) mass is 302 g/mol. The molecule has 0 atom stereocenters. The number of rotatable bonds is 5. The molecule has 0 heterocycles. The van der Waals surface area contributed by atoms with Gasteiger partial charge in [-0.1, -0.05) is 0 Å². The van der Waals surface area contributed by atoms with Gasteiger partial charge in [-0.05, 0) is 25.0 Å². The van der Waals surface area contributed by atoms with Crippen molar-refractivity contribution in [2.45, 2.75) is 24.2 Å². The number of hydrogen-bond acceptors (Lipinski definition) is 4. The van der Waals surface area contributed by atoms with Crippen LogP contribution in [0, 0.1) is 28.4 Å². The summed E-state index contributed by atoms with van der Waals surface area (Å²) in [6, 6.07) is 3.89. The Hall–Kier alpha value is -1.72. The lowest BCUT2D eigenvalue weighted by molar-refractivity contribution is 0.224. The first-order chi connectivity index (χ1) is 9.29. The molecule has 0 saturated heterocycles. The van der Waals surface area contributed by atoms with Crippen LogP contribution in [0.5, 0.6) is 5.75 Å². The van der Waals surface area contributed by atoms with Crippen molar-refractivity contribution in [3.8, 4) is 11.8 Å². The number of primary sulfonamides is 1. The molecule has 0 bridgehead atoms. The maximum absolute atomic E-state index is 13.7. The van der Waals surface area contributed by atoms with Crippen LogP contribution in [0.25, 0.3) is 0 Å². The number of benzene rings is 1. The van der Waals surface area contributed by atoms with E-state index in [0.29, 0.717) is 0 Å². The Morgan fingerprint density at radius 2 is 2.00 bits per heavy atom. The van der Waals surface area contributed by atoms with Crippen LogP contribution in [0.4, 0.5) is 8.78 Å². The van der Waals surface area contributed by atoms with E-state index in [0.717, 1.165) is 25.0 Å². The molecular weight excluding hydrogens is 290 g/mol. The van der Waals surface area contributed by atoms with Crippen LogP contribution in [-0.2, 0) is 10.0 Å². The number of nitrogens with zero attached hydrogens (tertiary/aromatic N) is 1. The molecular formula is C12H12F2N2O3S. The molecule has 108 valence electrons. The minimum Gasteiger partial charge on any atom is -0.490 e. The van der Waals surface area contributed by atoms with Gasteiger partial charge < -0.3 is 4.74 Å². The minimum absolute atomic E-state index is 0.0889. The summed E-state index contributed by atoms with van der Waals surface area (Å²) in [5.41, 5.74) is -0.295. The lowest BCUT2D eigenvalue weighted by Gasteiger charge is -2.14. The Kier molecular flexibility index (Phi) is 3.67. The van der Waals surface area contributed by atoms with Gasteiger partial charge >= 0.3 is 0 Å². The van der Waals surface area contributed by atoms with Gasteiger partial charge in [0.25, 0.3) is 0 Å². The standard InChI is InChI=1S/C12H12F2N2O3S/c13-10-8(19-7-12(3-4-12)5-6-15)1-2-9(11(10)14)20(16,17)18/h1-2H,3-5,7H2,(H2,16,17,18). The summed E-state index contributed by atoms with van der Waals surface area (Å²) in [6.07, 6.45) is 1.87. The quantitative estimate of drug-likeness (QED) is 0.895. The number of ether oxygens (including phenoxy) is 1. The van der Waals surface area contributed by atoms with Crippen molar-refractivity contribution in [2.24, 2.45) is 10.6 Å². The number of nitrogens with two attached hydrogens (primary N) is 1. The maximum Gasteiger partial charge on any atom is 0.241 e. The molecule has 1 fully saturated rings. The summed E-state index contributed by atoms with van der Waals surface area (Å²) in [5, 5.41) is 13.4. The van der Waals surface area contributed by atoms with Gasteiger partial charge in [0.2, 0.25) is 15.8 Å². The van der Waals surface area contributed by atoms with Crippen LogP contribution >= 0.6 is 0 Å². The average molecular weight is 302 g/mol. The van der Waals surface area contributed by atoms with Crippen molar-refractivity contribution >= 4 is 10.0 Å². The van der Waals surface area contributed by atoms with Crippen molar-refractivity contribution in [1.29, 1.82) is 5.26 Å². The van der Waals surface area contributed by atoms with E-state index in [1.165, 1.54) is 0 Å². The Bertz CT molecular complexity index is 679. The molecule has 0 aliphatic heterocycles. The summed E-state index contributed by atoms with van der Waals surface area (Å²) in [6.45, 7) is 0.0889. The second-order valence-electron chi connectivity index (χ2n) is 4.86. The van der Waals surface area contributed by atoms with E-state index in [-0.39, 0.29) is 24.2 Å². The predicted octanol–water partition coefficient (Wildman–Crippen LogP) is 1.68. The fourth-order valence-corrected chi connectivity index (χ4v) is 2.39. The van der Waals surface area contributed by atoms with Crippen molar-refractivity contribution in [2.75, 3.05) is 6.61 Å². The highest BCUT2D eigenvalue weighted by atomic mass is 32.2. The first-order valence-corrected chi connectivity index (χ1v) is 7.34. The number of sulfonamides is 1. The topological polar surface area (TPSA) is 93.2 Å². The highest BCUT2D eigenvalue weighted by Crippen LogP contribution is 2.48. The van der Waals surface area contributed by atoms with E-state index in [2.05, 4.69) is 0 Å². The van der Waals surface area contributed by atoms with Crippen LogP contribution in [0.15, 0.2) is 17.0 Å². The molecule has 2 N–H and O–H groups in total. The lowest BCUT2D eigenvalue weighted by Crippen LogP contribution is -2.16. The van der Waals surface area contributed by atoms with Gasteiger partial charge in [0.1, 0.15) is 4.90 Å². The van der Waals surface area contributed by atoms with E-state index in [1.54, 1.807) is 0 Å². The zero-order valence-electron chi connectivity index (χ0n) is 10.4. The van der Waals surface area contributed by atoms with Gasteiger partial charge in [-0.15, -0.1) is 0 Å². The molecule has 20 heavy (non-hydrogen) atoms. The Balaban J connectivity index is 2.19. The summed E-state index contributed by atoms with van der Waals surface area (Å²) >= 11 is 0. The summed E-state index contributed by atoms with van der Waals surface area (Å²) in [4.78, 5) is -0.916. The Morgan fingerprint density at radius 1 is 1.35 bits per heavy atom. The Labute approximate surface area is 115 Å². The molecule has 2 rings (SSSR count). The number of halogens is 2. The second kappa shape index (κ2) is 5.00. The SMILES string of the molecule is N#CCC1(COc2ccc(S(N)(=O)=O)c(F)c2F)CC1. The van der Waals surface area contributed by atoms with Crippen molar-refractivity contribution in [3.63, 3.8) is 0 Å². The van der Waals surface area contributed by atoms with Gasteiger partial charge in [0.05, 0.1) is 12.7 Å². The summed E-state index contributed by atoms with van der Waals surface area (Å²) in [5.74, 6) is -3.35. The van der Waals surface area contributed by atoms with E-state index in [4.69, 9.17) is 15.1 Å². The maximum atomic E-state index is 13.7. The normalized spacial score (nSPS) is 16.5. The first-order valence-electron chi connectivity index (χ1n) is 5.80. The third-order valence-corrected chi connectivity index (χ3v) is 4.19. The van der Waals surface area contributed by atoms with Crippen LogP contribution in [0.1, 0.15) is 19.3 Å². The van der Waals surface area contributed by atoms with Gasteiger partial charge in [-0.3, -0.25) is 0 Å². The number of nitriles is 1. The van der Waals surface area contributed by atoms with Crippen LogP contribution in [0.3, 0.4) is 0 Å². The zero-order chi connectivity index (χ0) is 15.0. The minimum atomic E-state index is -4.33. The molecule has 1 aromatic rings. The zero-order valence-corrected chi connectivity index (χ0v) is 11.2. The molecule has 0 radical (unpaired) electrons. The van der Waals surface area contributed by atoms with Gasteiger partial charge in [-0.25, -0.2) is 17.9 Å². The van der Waals surface area contributed by atoms with Crippen molar-refractivity contribution < 1.29 is 21.9 Å². The third kappa shape index (κ3) is 2.89. The van der Waals surface area contributed by atoms with Crippen LogP contribution < -0.4 is 9.88 Å². The van der Waals surface area contributed by atoms with Gasteiger partial charge in [0.15, 0.2) is 11.6 Å². The summed E-state index contributed by atoms with van der Waals surface area (Å²) in [7, 11) is -4.33. The second-order valence-corrected chi connectivity index (χ2v) is 6.39. The molecule has 0 amide bonds. The summed E-state index contributed by atoms with van der Waals surface area (Å²) < 4.78 is 54.5. The third-order valence-electron chi connectivity index (χ3n) is 3.26. The van der Waals surface area contributed by atoms with Crippen LogP contribution in [0.2, 0.25) is 0 Å². The smallest absolute Gasteiger partial charge is 0.241 e. The molecule has 0 spiro atoms. The van der Waals surface area contributed by atoms with Gasteiger partial charge in [-0.2, -0.15) is 9.65 Å². The van der Waals surface area contributed by atoms with E-state index < -0.39 is 26.6 Å². The lowest BCUT2D eigenvalue weighted by atomic mass is 10.1. The molecule has 5 nitrogen and oxygen atoms in total. The van der Waals surface area contributed by atoms with Crippen LogP contribution in [-0.4, -0.2) is 15.0 Å². The molecule has 0 unspecified atom stereocenters. The van der Waals surface area contributed by atoms with Crippen molar-refractivity contribution in [3.05, 3.63) is 23.8 Å². The predicted molar refractivity (Wildman–Crippen MR) is 65.1 cm³/mol. The van der Waals surface area contributed by atoms with Crippen molar-refractivity contribution in [1.82, 2.24) is 0 Å². The molecule has 8 heteroatoms. The average Bonchev–Trinajstić information content (AvgIpc) is 3.10. The van der Waals surface area contributed by atoms with Gasteiger partial charge in [0, 0.05) is 11.8 Å². The van der Waals surface area contributed by atoms with E-state index >= 15 is 0 Å². The highest BCUT2D eigenvalue weighted by molar-refractivity contribution is 7.89. The fourth-order valence-electron chi connectivity index (χ4n) is 1.79. The number of hydrogen-bond donors (Lipinski definition) is 1.